The molecular formula is C16H22NO6-. The molecule has 0 radical (unpaired) electrons. The first-order valence-corrected chi connectivity index (χ1v) is 7.30. The molecule has 7 heteroatoms. The summed E-state index contributed by atoms with van der Waals surface area (Å²) < 4.78 is 15.3. The predicted octanol–water partition coefficient (Wildman–Crippen LogP) is 2.64. The van der Waals surface area contributed by atoms with Crippen LogP contribution < -0.4 is 15.2 Å². The van der Waals surface area contributed by atoms with Crippen molar-refractivity contribution in [1.29, 1.82) is 0 Å². The number of anilines is 1. The topological polar surface area (TPSA) is 96.9 Å². The molecule has 23 heavy (non-hydrogen) atoms. The number of nitrogens with one attached hydrogen (secondary N) is 1. The van der Waals surface area contributed by atoms with Gasteiger partial charge >= 0.3 is 6.09 Å². The van der Waals surface area contributed by atoms with Gasteiger partial charge in [0.15, 0.2) is 0 Å². The van der Waals surface area contributed by atoms with Gasteiger partial charge in [-0.05, 0) is 40.7 Å². The Balaban J connectivity index is 3.06. The Labute approximate surface area is 135 Å². The molecule has 0 bridgehead atoms. The smallest absolute Gasteiger partial charge is 0.411 e. The zero-order valence-electron chi connectivity index (χ0n) is 14.0. The highest BCUT2D eigenvalue weighted by atomic mass is 16.7. The first-order valence-electron chi connectivity index (χ1n) is 7.30. The molecule has 1 amide bonds. The minimum absolute atomic E-state index is 0.240. The maximum absolute atomic E-state index is 11.6. The van der Waals surface area contributed by atoms with Gasteiger partial charge < -0.3 is 24.1 Å². The van der Waals surface area contributed by atoms with Gasteiger partial charge in [0.25, 0.3) is 6.16 Å². The van der Waals surface area contributed by atoms with Crippen LogP contribution in [-0.2, 0) is 15.1 Å². The number of carboxylic acid groups (broad SMARTS) is 1. The summed E-state index contributed by atoms with van der Waals surface area (Å²) in [6, 6.07) is 4.82. The van der Waals surface area contributed by atoms with E-state index in [0.29, 0.717) is 23.6 Å². The molecule has 0 unspecified atom stereocenters. The molecule has 0 spiro atoms. The second kappa shape index (κ2) is 7.71. The van der Waals surface area contributed by atoms with Gasteiger partial charge in [-0.2, -0.15) is 0 Å². The Bertz CT molecular complexity index is 568. The number of ether oxygens (including phenoxy) is 3. The summed E-state index contributed by atoms with van der Waals surface area (Å²) in [5.41, 5.74) is -0.168. The minimum Gasteiger partial charge on any atom is -0.539 e. The van der Waals surface area contributed by atoms with E-state index >= 15 is 0 Å². The largest absolute Gasteiger partial charge is 0.539 e. The second-order valence-corrected chi connectivity index (χ2v) is 5.59. The van der Waals surface area contributed by atoms with Gasteiger partial charge in [-0.15, -0.1) is 0 Å². The van der Waals surface area contributed by atoms with Crippen LogP contribution in [0.15, 0.2) is 18.2 Å². The number of hydrogen-bond acceptors (Lipinski definition) is 6. The van der Waals surface area contributed by atoms with Crippen molar-refractivity contribution in [3.63, 3.8) is 0 Å². The molecule has 1 N–H and O–H groups in total. The first kappa shape index (κ1) is 18.6. The molecule has 0 heterocycles. The number of amides is 1. The fourth-order valence-electron chi connectivity index (χ4n) is 2.00. The third-order valence-corrected chi connectivity index (χ3v) is 2.86. The molecule has 0 atom stereocenters. The predicted molar refractivity (Wildman–Crippen MR) is 82.4 cm³/mol. The SMILES string of the molecule is CCOc1cc(NC(=O)OC(C)C)ccc1C(C)(C)OC(=O)[O-]. The monoisotopic (exact) mass is 324 g/mol. The Hall–Kier alpha value is -2.44. The van der Waals surface area contributed by atoms with Crippen molar-refractivity contribution in [2.45, 2.75) is 46.3 Å². The highest BCUT2D eigenvalue weighted by Gasteiger charge is 2.24. The van der Waals surface area contributed by atoms with E-state index in [9.17, 15) is 14.7 Å². The van der Waals surface area contributed by atoms with Crippen molar-refractivity contribution in [3.05, 3.63) is 23.8 Å². The van der Waals surface area contributed by atoms with Gasteiger partial charge in [0.2, 0.25) is 0 Å². The molecule has 0 saturated heterocycles. The molecule has 1 rings (SSSR count). The summed E-state index contributed by atoms with van der Waals surface area (Å²) in [4.78, 5) is 22.4. The summed E-state index contributed by atoms with van der Waals surface area (Å²) in [5, 5.41) is 13.3. The lowest BCUT2D eigenvalue weighted by atomic mass is 9.96. The van der Waals surface area contributed by atoms with Crippen LogP contribution >= 0.6 is 0 Å². The average Bonchev–Trinajstić information content (AvgIpc) is 2.36. The van der Waals surface area contributed by atoms with E-state index in [2.05, 4.69) is 5.32 Å². The summed E-state index contributed by atoms with van der Waals surface area (Å²) in [6.07, 6.45) is -2.45. The van der Waals surface area contributed by atoms with Crippen LogP contribution in [0.4, 0.5) is 15.3 Å². The molecule has 0 fully saturated rings. The molecule has 0 saturated carbocycles. The van der Waals surface area contributed by atoms with Crippen LogP contribution in [0.5, 0.6) is 5.75 Å². The summed E-state index contributed by atoms with van der Waals surface area (Å²) in [7, 11) is 0. The molecule has 128 valence electrons. The lowest BCUT2D eigenvalue weighted by molar-refractivity contribution is -0.294. The molecule has 1 aromatic carbocycles. The van der Waals surface area contributed by atoms with E-state index in [4.69, 9.17) is 14.2 Å². The number of hydrogen-bond donors (Lipinski definition) is 1. The molecule has 7 nitrogen and oxygen atoms in total. The van der Waals surface area contributed by atoms with Crippen molar-refractivity contribution >= 4 is 17.9 Å². The Morgan fingerprint density at radius 3 is 2.48 bits per heavy atom. The zero-order valence-corrected chi connectivity index (χ0v) is 14.0. The van der Waals surface area contributed by atoms with Gasteiger partial charge in [0.1, 0.15) is 5.75 Å². The second-order valence-electron chi connectivity index (χ2n) is 5.59. The molecule has 0 aliphatic carbocycles. The third-order valence-electron chi connectivity index (χ3n) is 2.86. The zero-order chi connectivity index (χ0) is 17.6. The van der Waals surface area contributed by atoms with Crippen LogP contribution in [0.2, 0.25) is 0 Å². The van der Waals surface area contributed by atoms with Crippen LogP contribution in [-0.4, -0.2) is 25.0 Å². The summed E-state index contributed by atoms with van der Waals surface area (Å²) in [5.74, 6) is 0.404. The Kier molecular flexibility index (Phi) is 6.24. The van der Waals surface area contributed by atoms with E-state index in [0.717, 1.165) is 0 Å². The van der Waals surface area contributed by atoms with Crippen molar-refractivity contribution < 1.29 is 28.9 Å². The lowest BCUT2D eigenvalue weighted by Gasteiger charge is -2.32. The number of carbonyl (C=O) groups excluding carboxylic acids is 2. The van der Waals surface area contributed by atoms with Crippen LogP contribution in [0.1, 0.15) is 40.2 Å². The molecule has 0 aliphatic rings. The van der Waals surface area contributed by atoms with Crippen molar-refractivity contribution in [1.82, 2.24) is 0 Å². The van der Waals surface area contributed by atoms with Crippen molar-refractivity contribution in [2.24, 2.45) is 0 Å². The van der Waals surface area contributed by atoms with Crippen LogP contribution in [0.3, 0.4) is 0 Å². The van der Waals surface area contributed by atoms with E-state index in [1.54, 1.807) is 52.8 Å². The summed E-state index contributed by atoms with van der Waals surface area (Å²) in [6.45, 7) is 8.82. The Morgan fingerprint density at radius 2 is 1.96 bits per heavy atom. The van der Waals surface area contributed by atoms with Gasteiger partial charge in [0, 0.05) is 17.3 Å². The van der Waals surface area contributed by atoms with E-state index < -0.39 is 17.8 Å². The summed E-state index contributed by atoms with van der Waals surface area (Å²) >= 11 is 0. The minimum atomic E-state index is -1.62. The molecular weight excluding hydrogens is 302 g/mol. The standard InChI is InChI=1S/C16H23NO6/c1-6-21-13-9-11(17-14(18)22-10(2)3)7-8-12(13)16(4,5)23-15(19)20/h7-10H,6H2,1-5H3,(H,17,18)(H,19,20)/p-1. The van der Waals surface area contributed by atoms with E-state index in [1.165, 1.54) is 0 Å². The van der Waals surface area contributed by atoms with E-state index in [-0.39, 0.29) is 6.10 Å². The fraction of sp³-hybridized carbons (Fsp3) is 0.500. The number of rotatable bonds is 6. The highest BCUT2D eigenvalue weighted by Crippen LogP contribution is 2.34. The third kappa shape index (κ3) is 5.69. The maximum Gasteiger partial charge on any atom is 0.411 e. The first-order chi connectivity index (χ1) is 10.7. The molecule has 0 aliphatic heterocycles. The van der Waals surface area contributed by atoms with Crippen molar-refractivity contribution in [2.75, 3.05) is 11.9 Å². The molecule has 1 aromatic rings. The highest BCUT2D eigenvalue weighted by molar-refractivity contribution is 5.85. The van der Waals surface area contributed by atoms with Crippen LogP contribution in [0, 0.1) is 0 Å². The van der Waals surface area contributed by atoms with Crippen LogP contribution in [0.25, 0.3) is 0 Å². The average molecular weight is 324 g/mol. The lowest BCUT2D eigenvalue weighted by Crippen LogP contribution is -2.34. The number of carbonyl (C=O) groups is 2. The quantitative estimate of drug-likeness (QED) is 0.808. The normalized spacial score (nSPS) is 11.0. The number of benzene rings is 1. The van der Waals surface area contributed by atoms with E-state index in [1.807, 2.05) is 0 Å². The molecule has 0 aromatic heterocycles. The maximum atomic E-state index is 11.6. The van der Waals surface area contributed by atoms with Gasteiger partial charge in [-0.25, -0.2) is 4.79 Å². The van der Waals surface area contributed by atoms with Gasteiger partial charge in [0.05, 0.1) is 18.3 Å². The van der Waals surface area contributed by atoms with Gasteiger partial charge in [-0.1, -0.05) is 6.07 Å². The van der Waals surface area contributed by atoms with Gasteiger partial charge in [-0.3, -0.25) is 5.32 Å². The fourth-order valence-corrected chi connectivity index (χ4v) is 2.00. The Morgan fingerprint density at radius 1 is 1.30 bits per heavy atom. The van der Waals surface area contributed by atoms with Crippen molar-refractivity contribution in [3.8, 4) is 5.75 Å².